The number of hydrogen-bond acceptors (Lipinski definition) is 2. The number of ether oxygens (including phenoxy) is 1. The van der Waals surface area contributed by atoms with Gasteiger partial charge in [0, 0.05) is 5.56 Å². The first-order valence-corrected chi connectivity index (χ1v) is 6.93. The molecule has 0 saturated carbocycles. The van der Waals surface area contributed by atoms with E-state index in [0.29, 0.717) is 17.3 Å². The van der Waals surface area contributed by atoms with Crippen LogP contribution in [0.4, 0.5) is 10.1 Å². The van der Waals surface area contributed by atoms with E-state index in [1.807, 2.05) is 38.1 Å². The predicted octanol–water partition coefficient (Wildman–Crippen LogP) is 5.05. The first-order valence-electron chi connectivity index (χ1n) is 6.55. The Labute approximate surface area is 123 Å². The van der Waals surface area contributed by atoms with E-state index in [9.17, 15) is 4.39 Å². The second-order valence-electron chi connectivity index (χ2n) is 4.46. The molecule has 2 rings (SSSR count). The molecule has 0 amide bonds. The van der Waals surface area contributed by atoms with E-state index in [-0.39, 0.29) is 11.9 Å². The standard InChI is InChI=1S/C16H17ClFNO/c1-3-20-16-7-5-4-6-13(16)11(2)19-15-10-12(18)8-9-14(15)17/h4-11,19H,3H2,1-2H3. The molecule has 0 fully saturated rings. The number of benzene rings is 2. The van der Waals surface area contributed by atoms with Crippen LogP contribution in [-0.4, -0.2) is 6.61 Å². The van der Waals surface area contributed by atoms with Crippen LogP contribution in [0.2, 0.25) is 5.02 Å². The second kappa shape index (κ2) is 6.62. The van der Waals surface area contributed by atoms with E-state index in [0.717, 1.165) is 11.3 Å². The largest absolute Gasteiger partial charge is 0.494 e. The maximum absolute atomic E-state index is 13.3. The monoisotopic (exact) mass is 293 g/mol. The van der Waals surface area contributed by atoms with E-state index < -0.39 is 0 Å². The molecule has 2 aromatic rings. The molecule has 1 atom stereocenters. The molecule has 0 saturated heterocycles. The molecular formula is C16H17ClFNO. The Kier molecular flexibility index (Phi) is 4.85. The van der Waals surface area contributed by atoms with Gasteiger partial charge in [0.1, 0.15) is 11.6 Å². The number of para-hydroxylation sites is 1. The molecule has 0 aliphatic rings. The highest BCUT2D eigenvalue weighted by molar-refractivity contribution is 6.33. The molecule has 0 aliphatic carbocycles. The van der Waals surface area contributed by atoms with Gasteiger partial charge in [0.05, 0.1) is 23.4 Å². The minimum absolute atomic E-state index is 0.0444. The summed E-state index contributed by atoms with van der Waals surface area (Å²) in [4.78, 5) is 0. The van der Waals surface area contributed by atoms with Gasteiger partial charge in [-0.2, -0.15) is 0 Å². The third-order valence-electron chi connectivity index (χ3n) is 2.99. The average Bonchev–Trinajstić information content (AvgIpc) is 2.44. The van der Waals surface area contributed by atoms with Crippen molar-refractivity contribution in [3.63, 3.8) is 0 Å². The number of hydrogen-bond donors (Lipinski definition) is 1. The highest BCUT2D eigenvalue weighted by Gasteiger charge is 2.12. The first kappa shape index (κ1) is 14.7. The van der Waals surface area contributed by atoms with Crippen molar-refractivity contribution in [2.45, 2.75) is 19.9 Å². The SMILES string of the molecule is CCOc1ccccc1C(C)Nc1cc(F)ccc1Cl. The number of halogens is 2. The molecule has 0 heterocycles. The molecule has 0 aliphatic heterocycles. The minimum Gasteiger partial charge on any atom is -0.494 e. The smallest absolute Gasteiger partial charge is 0.125 e. The molecule has 1 N–H and O–H groups in total. The van der Waals surface area contributed by atoms with Crippen LogP contribution in [0.1, 0.15) is 25.5 Å². The molecule has 0 bridgehead atoms. The van der Waals surface area contributed by atoms with Crippen LogP contribution < -0.4 is 10.1 Å². The summed E-state index contributed by atoms with van der Waals surface area (Å²) in [6, 6.07) is 12.0. The Morgan fingerprint density at radius 3 is 2.75 bits per heavy atom. The lowest BCUT2D eigenvalue weighted by Gasteiger charge is -2.19. The average molecular weight is 294 g/mol. The summed E-state index contributed by atoms with van der Waals surface area (Å²) in [5, 5.41) is 3.71. The Morgan fingerprint density at radius 2 is 2.00 bits per heavy atom. The highest BCUT2D eigenvalue weighted by atomic mass is 35.5. The summed E-state index contributed by atoms with van der Waals surface area (Å²) in [5.74, 6) is 0.504. The fraction of sp³-hybridized carbons (Fsp3) is 0.250. The van der Waals surface area contributed by atoms with E-state index in [1.165, 1.54) is 12.1 Å². The molecule has 1 unspecified atom stereocenters. The van der Waals surface area contributed by atoms with Crippen LogP contribution in [0.15, 0.2) is 42.5 Å². The van der Waals surface area contributed by atoms with Crippen molar-refractivity contribution in [3.05, 3.63) is 58.9 Å². The summed E-state index contributed by atoms with van der Waals surface area (Å²) >= 11 is 6.07. The Hall–Kier alpha value is -1.74. The molecule has 0 spiro atoms. The first-order chi connectivity index (χ1) is 9.61. The van der Waals surface area contributed by atoms with Crippen LogP contribution >= 0.6 is 11.6 Å². The molecule has 20 heavy (non-hydrogen) atoms. The quantitative estimate of drug-likeness (QED) is 0.833. The Morgan fingerprint density at radius 1 is 1.25 bits per heavy atom. The van der Waals surface area contributed by atoms with Crippen molar-refractivity contribution >= 4 is 17.3 Å². The van der Waals surface area contributed by atoms with Gasteiger partial charge in [0.2, 0.25) is 0 Å². The van der Waals surface area contributed by atoms with E-state index in [1.54, 1.807) is 6.07 Å². The summed E-state index contributed by atoms with van der Waals surface area (Å²) in [6.45, 7) is 4.53. The third-order valence-corrected chi connectivity index (χ3v) is 3.32. The van der Waals surface area contributed by atoms with E-state index >= 15 is 0 Å². The summed E-state index contributed by atoms with van der Waals surface area (Å²) in [5.41, 5.74) is 1.58. The van der Waals surface area contributed by atoms with Crippen molar-refractivity contribution < 1.29 is 9.13 Å². The minimum atomic E-state index is -0.317. The van der Waals surface area contributed by atoms with Crippen LogP contribution in [0, 0.1) is 5.82 Å². The van der Waals surface area contributed by atoms with Gasteiger partial charge in [-0.15, -0.1) is 0 Å². The summed E-state index contributed by atoms with van der Waals surface area (Å²) < 4.78 is 18.9. The number of rotatable bonds is 5. The van der Waals surface area contributed by atoms with Crippen molar-refractivity contribution in [2.24, 2.45) is 0 Å². The third kappa shape index (κ3) is 3.42. The summed E-state index contributed by atoms with van der Waals surface area (Å²) in [7, 11) is 0. The van der Waals surface area contributed by atoms with Gasteiger partial charge in [-0.1, -0.05) is 29.8 Å². The lowest BCUT2D eigenvalue weighted by molar-refractivity contribution is 0.335. The molecule has 2 aromatic carbocycles. The molecule has 2 nitrogen and oxygen atoms in total. The highest BCUT2D eigenvalue weighted by Crippen LogP contribution is 2.30. The lowest BCUT2D eigenvalue weighted by Crippen LogP contribution is -2.09. The van der Waals surface area contributed by atoms with Gasteiger partial charge in [-0.25, -0.2) is 4.39 Å². The maximum Gasteiger partial charge on any atom is 0.125 e. The van der Waals surface area contributed by atoms with Crippen molar-refractivity contribution in [2.75, 3.05) is 11.9 Å². The lowest BCUT2D eigenvalue weighted by atomic mass is 10.1. The van der Waals surface area contributed by atoms with E-state index in [2.05, 4.69) is 5.32 Å². The van der Waals surface area contributed by atoms with Gasteiger partial charge < -0.3 is 10.1 Å². The van der Waals surface area contributed by atoms with Crippen molar-refractivity contribution in [1.29, 1.82) is 0 Å². The zero-order chi connectivity index (χ0) is 14.5. The molecule has 0 aromatic heterocycles. The second-order valence-corrected chi connectivity index (χ2v) is 4.87. The maximum atomic E-state index is 13.3. The zero-order valence-corrected chi connectivity index (χ0v) is 12.2. The summed E-state index contributed by atoms with van der Waals surface area (Å²) in [6.07, 6.45) is 0. The van der Waals surface area contributed by atoms with Gasteiger partial charge in [-0.3, -0.25) is 0 Å². The van der Waals surface area contributed by atoms with Gasteiger partial charge in [0.25, 0.3) is 0 Å². The Bertz CT molecular complexity index is 588. The van der Waals surface area contributed by atoms with Crippen LogP contribution in [-0.2, 0) is 0 Å². The van der Waals surface area contributed by atoms with Crippen LogP contribution in [0.25, 0.3) is 0 Å². The van der Waals surface area contributed by atoms with Crippen LogP contribution in [0.5, 0.6) is 5.75 Å². The zero-order valence-electron chi connectivity index (χ0n) is 11.5. The molecular weight excluding hydrogens is 277 g/mol. The topological polar surface area (TPSA) is 21.3 Å². The van der Waals surface area contributed by atoms with Gasteiger partial charge >= 0.3 is 0 Å². The van der Waals surface area contributed by atoms with E-state index in [4.69, 9.17) is 16.3 Å². The number of anilines is 1. The fourth-order valence-corrected chi connectivity index (χ4v) is 2.22. The predicted molar refractivity (Wildman–Crippen MR) is 81.1 cm³/mol. The Balaban J connectivity index is 2.23. The van der Waals surface area contributed by atoms with Crippen molar-refractivity contribution in [1.82, 2.24) is 0 Å². The normalized spacial score (nSPS) is 12.0. The molecule has 4 heteroatoms. The fourth-order valence-electron chi connectivity index (χ4n) is 2.04. The molecule has 0 radical (unpaired) electrons. The van der Waals surface area contributed by atoms with Crippen molar-refractivity contribution in [3.8, 4) is 5.75 Å². The van der Waals surface area contributed by atoms with Gasteiger partial charge in [0.15, 0.2) is 0 Å². The van der Waals surface area contributed by atoms with Crippen LogP contribution in [0.3, 0.4) is 0 Å². The molecule has 106 valence electrons. The van der Waals surface area contributed by atoms with Gasteiger partial charge in [-0.05, 0) is 38.1 Å². The number of nitrogens with one attached hydrogen (secondary N) is 1.